The lowest BCUT2D eigenvalue weighted by atomic mass is 10.3. The van der Waals surface area contributed by atoms with Crippen LogP contribution in [0.1, 0.15) is 0 Å². The van der Waals surface area contributed by atoms with Crippen LogP contribution in [0.2, 0.25) is 0 Å². The number of ether oxygens (including phenoxy) is 2. The molecule has 0 heterocycles. The third kappa shape index (κ3) is 5.63. The Morgan fingerprint density at radius 3 is 2.43 bits per heavy atom. The number of benzene rings is 2. The van der Waals surface area contributed by atoms with Gasteiger partial charge in [-0.2, -0.15) is 0 Å². The van der Waals surface area contributed by atoms with E-state index in [1.165, 1.54) is 12.1 Å². The minimum atomic E-state index is -0.709. The van der Waals surface area contributed by atoms with Gasteiger partial charge in [0.1, 0.15) is 0 Å². The molecule has 0 aliphatic rings. The topological polar surface area (TPSA) is 84.9 Å². The number of halogens is 1. The van der Waals surface area contributed by atoms with E-state index in [1.54, 1.807) is 36.4 Å². The maximum atomic E-state index is 11.6. The van der Waals surface area contributed by atoms with Crippen LogP contribution in [0.15, 0.2) is 53.0 Å². The zero-order valence-corrected chi connectivity index (χ0v) is 13.6. The van der Waals surface area contributed by atoms with E-state index in [0.717, 1.165) is 4.47 Å². The molecule has 0 saturated heterocycles. The Morgan fingerprint density at radius 2 is 1.74 bits per heavy atom. The Balaban J connectivity index is 1.72. The number of carbonyl (C=O) groups is 2. The largest absolute Gasteiger partial charge is 0.504 e. The van der Waals surface area contributed by atoms with Crippen molar-refractivity contribution in [2.24, 2.45) is 0 Å². The van der Waals surface area contributed by atoms with Crippen molar-refractivity contribution in [2.45, 2.75) is 0 Å². The summed E-state index contributed by atoms with van der Waals surface area (Å²) in [7, 11) is 0. The summed E-state index contributed by atoms with van der Waals surface area (Å²) in [5.74, 6) is -1.07. The Labute approximate surface area is 141 Å². The highest BCUT2D eigenvalue weighted by Gasteiger charge is 2.10. The van der Waals surface area contributed by atoms with Crippen LogP contribution in [0, 0.1) is 0 Å². The van der Waals surface area contributed by atoms with Crippen molar-refractivity contribution in [1.29, 1.82) is 0 Å². The highest BCUT2D eigenvalue weighted by molar-refractivity contribution is 9.10. The van der Waals surface area contributed by atoms with E-state index in [1.807, 2.05) is 0 Å². The smallest absolute Gasteiger partial charge is 0.344 e. The predicted molar refractivity (Wildman–Crippen MR) is 87.3 cm³/mol. The number of hydrogen-bond donors (Lipinski definition) is 2. The number of amides is 1. The van der Waals surface area contributed by atoms with E-state index in [4.69, 9.17) is 9.47 Å². The van der Waals surface area contributed by atoms with Gasteiger partial charge in [0.2, 0.25) is 0 Å². The van der Waals surface area contributed by atoms with Crippen molar-refractivity contribution in [3.05, 3.63) is 53.0 Å². The molecule has 2 N–H and O–H groups in total. The third-order valence-corrected chi connectivity index (χ3v) is 3.23. The fraction of sp³-hybridized carbons (Fsp3) is 0.125. The van der Waals surface area contributed by atoms with E-state index < -0.39 is 25.1 Å². The van der Waals surface area contributed by atoms with Crippen molar-refractivity contribution in [2.75, 3.05) is 18.5 Å². The predicted octanol–water partition coefficient (Wildman–Crippen LogP) is 2.72. The van der Waals surface area contributed by atoms with E-state index in [0.29, 0.717) is 5.69 Å². The number of phenols is 1. The molecule has 1 amide bonds. The molecule has 2 aromatic rings. The molecule has 0 saturated carbocycles. The van der Waals surface area contributed by atoms with Crippen molar-refractivity contribution in [3.63, 3.8) is 0 Å². The molecule has 0 atom stereocenters. The minimum absolute atomic E-state index is 0.0757. The summed E-state index contributed by atoms with van der Waals surface area (Å²) < 4.78 is 10.8. The van der Waals surface area contributed by atoms with Crippen molar-refractivity contribution >= 4 is 33.5 Å². The Morgan fingerprint density at radius 1 is 1.04 bits per heavy atom. The maximum Gasteiger partial charge on any atom is 0.344 e. The van der Waals surface area contributed by atoms with Gasteiger partial charge in [0.15, 0.2) is 24.7 Å². The molecule has 0 aromatic heterocycles. The summed E-state index contributed by atoms with van der Waals surface area (Å²) in [6.45, 7) is -0.817. The molecule has 0 aliphatic heterocycles. The first-order valence-electron chi connectivity index (χ1n) is 6.66. The molecule has 120 valence electrons. The molecule has 6 nitrogen and oxygen atoms in total. The van der Waals surface area contributed by atoms with Gasteiger partial charge in [-0.05, 0) is 36.4 Å². The average molecular weight is 380 g/mol. The molecule has 0 bridgehead atoms. The highest BCUT2D eigenvalue weighted by atomic mass is 79.9. The average Bonchev–Trinajstić information content (AvgIpc) is 2.54. The SMILES string of the molecule is O=C(COC(=O)COc1ccccc1O)Nc1ccc(Br)cc1. The first-order chi connectivity index (χ1) is 11.0. The Bertz CT molecular complexity index is 687. The molecule has 2 aromatic carbocycles. The highest BCUT2D eigenvalue weighted by Crippen LogP contribution is 2.24. The lowest BCUT2D eigenvalue weighted by Crippen LogP contribution is -2.23. The molecule has 0 fully saturated rings. The van der Waals surface area contributed by atoms with Gasteiger partial charge in [-0.25, -0.2) is 4.79 Å². The van der Waals surface area contributed by atoms with Crippen LogP contribution in [0.25, 0.3) is 0 Å². The van der Waals surface area contributed by atoms with Crippen LogP contribution in [-0.4, -0.2) is 30.2 Å². The second kappa shape index (κ2) is 8.19. The molecular weight excluding hydrogens is 366 g/mol. The number of para-hydroxylation sites is 2. The molecule has 23 heavy (non-hydrogen) atoms. The normalized spacial score (nSPS) is 9.96. The van der Waals surface area contributed by atoms with Crippen molar-refractivity contribution < 1.29 is 24.2 Å². The molecule has 7 heteroatoms. The summed E-state index contributed by atoms with van der Waals surface area (Å²) in [6, 6.07) is 13.2. The lowest BCUT2D eigenvalue weighted by molar-refractivity contribution is -0.149. The molecule has 2 rings (SSSR count). The van der Waals surface area contributed by atoms with Gasteiger partial charge < -0.3 is 19.9 Å². The summed E-state index contributed by atoms with van der Waals surface area (Å²) in [6.07, 6.45) is 0. The van der Waals surface area contributed by atoms with Crippen LogP contribution < -0.4 is 10.1 Å². The molecule has 0 spiro atoms. The van der Waals surface area contributed by atoms with Gasteiger partial charge in [0.25, 0.3) is 5.91 Å². The maximum absolute atomic E-state index is 11.6. The summed E-state index contributed by atoms with van der Waals surface area (Å²) in [5, 5.41) is 12.1. The second-order valence-corrected chi connectivity index (χ2v) is 5.39. The molecule has 0 aliphatic carbocycles. The Hall–Kier alpha value is -2.54. The van der Waals surface area contributed by atoms with Crippen LogP contribution in [-0.2, 0) is 14.3 Å². The quantitative estimate of drug-likeness (QED) is 0.753. The molecule has 0 unspecified atom stereocenters. The third-order valence-electron chi connectivity index (χ3n) is 2.70. The second-order valence-electron chi connectivity index (χ2n) is 4.47. The number of rotatable bonds is 6. The standard InChI is InChI=1S/C16H14BrNO5/c17-11-5-7-12(8-6-11)18-15(20)9-23-16(21)10-22-14-4-2-1-3-13(14)19/h1-8,19H,9-10H2,(H,18,20). The monoisotopic (exact) mass is 379 g/mol. The molecule has 0 radical (unpaired) electrons. The van der Waals surface area contributed by atoms with E-state index in [2.05, 4.69) is 21.2 Å². The lowest BCUT2D eigenvalue weighted by Gasteiger charge is -2.08. The number of anilines is 1. The number of phenolic OH excluding ortho intramolecular Hbond substituents is 1. The van der Waals surface area contributed by atoms with Gasteiger partial charge in [-0.15, -0.1) is 0 Å². The first kappa shape index (κ1) is 16.8. The van der Waals surface area contributed by atoms with Crippen LogP contribution >= 0.6 is 15.9 Å². The number of hydrogen-bond acceptors (Lipinski definition) is 5. The summed E-state index contributed by atoms with van der Waals surface area (Å²) in [5.41, 5.74) is 0.597. The summed E-state index contributed by atoms with van der Waals surface area (Å²) >= 11 is 3.29. The fourth-order valence-electron chi connectivity index (χ4n) is 1.63. The van der Waals surface area contributed by atoms with Gasteiger partial charge in [0.05, 0.1) is 0 Å². The molecular formula is C16H14BrNO5. The van der Waals surface area contributed by atoms with E-state index in [-0.39, 0.29) is 11.5 Å². The van der Waals surface area contributed by atoms with Crippen LogP contribution in [0.4, 0.5) is 5.69 Å². The van der Waals surface area contributed by atoms with Gasteiger partial charge in [-0.3, -0.25) is 4.79 Å². The van der Waals surface area contributed by atoms with Gasteiger partial charge in [0, 0.05) is 10.2 Å². The number of esters is 1. The van der Waals surface area contributed by atoms with Crippen molar-refractivity contribution in [3.8, 4) is 11.5 Å². The minimum Gasteiger partial charge on any atom is -0.504 e. The summed E-state index contributed by atoms with van der Waals surface area (Å²) in [4.78, 5) is 23.2. The number of carbonyl (C=O) groups excluding carboxylic acids is 2. The number of aromatic hydroxyl groups is 1. The van der Waals surface area contributed by atoms with Crippen LogP contribution in [0.5, 0.6) is 11.5 Å². The van der Waals surface area contributed by atoms with E-state index >= 15 is 0 Å². The zero-order chi connectivity index (χ0) is 16.7. The van der Waals surface area contributed by atoms with Crippen molar-refractivity contribution in [1.82, 2.24) is 0 Å². The number of nitrogens with one attached hydrogen (secondary N) is 1. The van der Waals surface area contributed by atoms with E-state index in [9.17, 15) is 14.7 Å². The zero-order valence-electron chi connectivity index (χ0n) is 12.0. The Kier molecular flexibility index (Phi) is 5.99. The van der Waals surface area contributed by atoms with Crippen LogP contribution in [0.3, 0.4) is 0 Å². The fourth-order valence-corrected chi connectivity index (χ4v) is 1.90. The van der Waals surface area contributed by atoms with Gasteiger partial charge in [-0.1, -0.05) is 28.1 Å². The van der Waals surface area contributed by atoms with Gasteiger partial charge >= 0.3 is 5.97 Å². The first-order valence-corrected chi connectivity index (χ1v) is 7.46.